The van der Waals surface area contributed by atoms with E-state index in [4.69, 9.17) is 21.3 Å². The number of thiophene rings is 1. The first-order valence-electron chi connectivity index (χ1n) is 10.6. The molecule has 0 atom stereocenters. The smallest absolute Gasteiger partial charge is 0.263 e. The lowest BCUT2D eigenvalue weighted by Crippen LogP contribution is -2.33. The van der Waals surface area contributed by atoms with Crippen LogP contribution in [-0.2, 0) is 6.54 Å². The van der Waals surface area contributed by atoms with Crippen LogP contribution >= 0.6 is 27.3 Å². The number of rotatable bonds is 6. The number of nitrogens with two attached hydrogens (primary N) is 2. The van der Waals surface area contributed by atoms with Crippen LogP contribution in [0, 0.1) is 0 Å². The third kappa shape index (κ3) is 3.89. The Bertz CT molecular complexity index is 1520. The summed E-state index contributed by atoms with van der Waals surface area (Å²) < 4.78 is 8.13. The predicted molar refractivity (Wildman–Crippen MR) is 138 cm³/mol. The molecule has 9 nitrogen and oxygen atoms in total. The van der Waals surface area contributed by atoms with Crippen molar-refractivity contribution in [1.29, 1.82) is 0 Å². The Morgan fingerprint density at radius 3 is 2.82 bits per heavy atom. The van der Waals surface area contributed by atoms with Gasteiger partial charge >= 0.3 is 0 Å². The summed E-state index contributed by atoms with van der Waals surface area (Å²) in [5.41, 5.74) is 7.80. The summed E-state index contributed by atoms with van der Waals surface area (Å²) >= 11 is 4.63. The summed E-state index contributed by atoms with van der Waals surface area (Å²) in [5.74, 6) is 7.52. The Labute approximate surface area is 207 Å². The average Bonchev–Trinajstić information content (AvgIpc) is 3.58. The molecule has 0 spiro atoms. The molecular formula is C23H23BrN6O3S. The predicted octanol–water partition coefficient (Wildman–Crippen LogP) is 3.71. The molecule has 0 aliphatic heterocycles. The number of amidine groups is 1. The van der Waals surface area contributed by atoms with Gasteiger partial charge < -0.3 is 15.6 Å². The number of fused-ring (bicyclic) bond motifs is 3. The average molecular weight is 543 g/mol. The fourth-order valence-electron chi connectivity index (χ4n) is 4.14. The van der Waals surface area contributed by atoms with E-state index in [1.54, 1.807) is 26.3 Å². The number of halogens is 1. The number of nitrogens with zero attached hydrogens (tertiary/aromatic N) is 4. The van der Waals surface area contributed by atoms with Gasteiger partial charge in [0.2, 0.25) is 0 Å². The van der Waals surface area contributed by atoms with Gasteiger partial charge in [-0.3, -0.25) is 9.36 Å². The highest BCUT2D eigenvalue weighted by molar-refractivity contribution is 9.10. The van der Waals surface area contributed by atoms with Crippen molar-refractivity contribution in [3.8, 4) is 22.9 Å². The minimum atomic E-state index is -0.261. The molecule has 0 amide bonds. The molecule has 2 heterocycles. The molecule has 4 aromatic rings. The summed E-state index contributed by atoms with van der Waals surface area (Å²) in [6, 6.07) is 9.32. The van der Waals surface area contributed by atoms with Gasteiger partial charge in [0.15, 0.2) is 0 Å². The van der Waals surface area contributed by atoms with Crippen molar-refractivity contribution in [2.24, 2.45) is 16.7 Å². The Balaban J connectivity index is 1.83. The van der Waals surface area contributed by atoms with Gasteiger partial charge in [0.1, 0.15) is 28.0 Å². The van der Waals surface area contributed by atoms with E-state index in [-0.39, 0.29) is 23.7 Å². The topological polar surface area (TPSA) is 132 Å². The second-order valence-electron chi connectivity index (χ2n) is 8.27. The van der Waals surface area contributed by atoms with Gasteiger partial charge in [-0.2, -0.15) is 0 Å². The van der Waals surface area contributed by atoms with Crippen molar-refractivity contribution in [2.75, 3.05) is 14.2 Å². The first kappa shape index (κ1) is 22.6. The van der Waals surface area contributed by atoms with Crippen LogP contribution in [0.5, 0.6) is 11.5 Å². The molecule has 1 aliphatic carbocycles. The van der Waals surface area contributed by atoms with Gasteiger partial charge in [-0.1, -0.05) is 6.07 Å². The molecule has 2 aromatic heterocycles. The van der Waals surface area contributed by atoms with E-state index in [1.807, 2.05) is 18.2 Å². The van der Waals surface area contributed by atoms with E-state index in [9.17, 15) is 9.90 Å². The summed E-state index contributed by atoms with van der Waals surface area (Å²) in [4.78, 5) is 19.4. The highest BCUT2D eigenvalue weighted by Gasteiger charge is 2.29. The van der Waals surface area contributed by atoms with Gasteiger partial charge in [-0.05, 0) is 64.5 Å². The van der Waals surface area contributed by atoms with E-state index in [0.717, 1.165) is 34.8 Å². The molecule has 176 valence electrons. The second-order valence-corrected chi connectivity index (χ2v) is 10.1. The lowest BCUT2D eigenvalue weighted by molar-refractivity contribution is 0.369. The van der Waals surface area contributed by atoms with Crippen LogP contribution in [0.4, 0.5) is 0 Å². The van der Waals surface area contributed by atoms with Crippen LogP contribution in [-0.4, -0.2) is 39.8 Å². The van der Waals surface area contributed by atoms with E-state index in [2.05, 4.69) is 21.0 Å². The number of benzene rings is 2. The molecule has 1 aliphatic rings. The molecule has 0 radical (unpaired) electrons. The molecule has 0 bridgehead atoms. The first-order chi connectivity index (χ1) is 16.3. The van der Waals surface area contributed by atoms with Crippen LogP contribution in [0.2, 0.25) is 0 Å². The SMILES string of the molecule is COc1ccc(-c2nc3sc4c(O)c(Br)ccc4c3c(=O)n2C/C(N)=N/N(C)N)c(C2CC2)c1. The molecule has 34 heavy (non-hydrogen) atoms. The zero-order valence-electron chi connectivity index (χ0n) is 18.6. The molecular weight excluding hydrogens is 520 g/mol. The Morgan fingerprint density at radius 1 is 1.38 bits per heavy atom. The van der Waals surface area contributed by atoms with Crippen molar-refractivity contribution >= 4 is 53.4 Å². The number of hydrogen-bond donors (Lipinski definition) is 3. The number of ether oxygens (including phenoxy) is 1. The quantitative estimate of drug-likeness (QED) is 0.146. The van der Waals surface area contributed by atoms with Gasteiger partial charge in [0.25, 0.3) is 5.56 Å². The molecule has 5 rings (SSSR count). The number of phenolic OH excluding ortho intramolecular Hbond substituents is 1. The third-order valence-electron chi connectivity index (χ3n) is 5.81. The summed E-state index contributed by atoms with van der Waals surface area (Å²) in [6.07, 6.45) is 2.14. The fraction of sp³-hybridized carbons (Fsp3) is 0.261. The standard InChI is InChI=1S/C23H23BrN6O3S/c1-29(26)28-17(25)10-30-21(13-6-5-12(33-2)9-15(13)11-3-4-11)27-22-18(23(30)32)14-7-8-16(24)19(31)20(14)34-22/h5-9,11,31H,3-4,10,26H2,1-2H3,(H2,25,28). The van der Waals surface area contributed by atoms with Gasteiger partial charge in [0.05, 0.1) is 28.2 Å². The maximum atomic E-state index is 13.9. The molecule has 1 fully saturated rings. The molecule has 0 unspecified atom stereocenters. The third-order valence-corrected chi connectivity index (χ3v) is 7.56. The number of hydrazine groups is 1. The van der Waals surface area contributed by atoms with Crippen molar-refractivity contribution in [3.05, 3.63) is 50.7 Å². The molecule has 0 saturated heterocycles. The second kappa shape index (κ2) is 8.57. The Morgan fingerprint density at radius 2 is 2.15 bits per heavy atom. The molecule has 5 N–H and O–H groups in total. The van der Waals surface area contributed by atoms with Gasteiger partial charge in [0, 0.05) is 18.0 Å². The number of aromatic nitrogens is 2. The minimum absolute atomic E-state index is 0.00856. The maximum absolute atomic E-state index is 13.9. The zero-order chi connectivity index (χ0) is 24.1. The Hall–Kier alpha value is -3.15. The van der Waals surface area contributed by atoms with Crippen LogP contribution < -0.4 is 21.9 Å². The number of hydrazone groups is 1. The number of phenols is 1. The van der Waals surface area contributed by atoms with E-state index in [0.29, 0.717) is 36.5 Å². The Kier molecular flexibility index (Phi) is 5.70. The van der Waals surface area contributed by atoms with E-state index >= 15 is 0 Å². The van der Waals surface area contributed by atoms with Gasteiger partial charge in [-0.15, -0.1) is 16.4 Å². The number of hydrogen-bond acceptors (Lipinski definition) is 8. The van der Waals surface area contributed by atoms with E-state index in [1.165, 1.54) is 15.9 Å². The van der Waals surface area contributed by atoms with Crippen molar-refractivity contribution in [2.45, 2.75) is 25.3 Å². The van der Waals surface area contributed by atoms with Crippen molar-refractivity contribution in [3.63, 3.8) is 0 Å². The highest BCUT2D eigenvalue weighted by atomic mass is 79.9. The number of aromatic hydroxyl groups is 1. The molecule has 2 aromatic carbocycles. The maximum Gasteiger partial charge on any atom is 0.263 e. The number of methoxy groups -OCH3 is 1. The fourth-order valence-corrected chi connectivity index (χ4v) is 5.71. The van der Waals surface area contributed by atoms with Crippen molar-refractivity contribution < 1.29 is 9.84 Å². The lowest BCUT2D eigenvalue weighted by atomic mass is 10.0. The summed E-state index contributed by atoms with van der Waals surface area (Å²) in [6.45, 7) is 0.00856. The lowest BCUT2D eigenvalue weighted by Gasteiger charge is -2.16. The normalized spacial score (nSPS) is 14.2. The van der Waals surface area contributed by atoms with Crippen LogP contribution in [0.1, 0.15) is 24.3 Å². The summed E-state index contributed by atoms with van der Waals surface area (Å²) in [5, 5.41) is 16.8. The highest BCUT2D eigenvalue weighted by Crippen LogP contribution is 2.46. The molecule has 11 heteroatoms. The first-order valence-corrected chi connectivity index (χ1v) is 12.2. The van der Waals surface area contributed by atoms with Crippen molar-refractivity contribution in [1.82, 2.24) is 14.7 Å². The van der Waals surface area contributed by atoms with Gasteiger partial charge in [-0.25, -0.2) is 15.9 Å². The van der Waals surface area contributed by atoms with Crippen LogP contribution in [0.3, 0.4) is 0 Å². The zero-order valence-corrected chi connectivity index (χ0v) is 21.0. The minimum Gasteiger partial charge on any atom is -0.505 e. The summed E-state index contributed by atoms with van der Waals surface area (Å²) in [7, 11) is 3.19. The molecule has 1 saturated carbocycles. The largest absolute Gasteiger partial charge is 0.505 e. The van der Waals surface area contributed by atoms with Crippen LogP contribution in [0.15, 0.2) is 44.7 Å². The van der Waals surface area contributed by atoms with Crippen LogP contribution in [0.25, 0.3) is 31.7 Å². The monoisotopic (exact) mass is 542 g/mol. The van der Waals surface area contributed by atoms with E-state index < -0.39 is 0 Å².